The molecule has 204 valence electrons. The van der Waals surface area contributed by atoms with Crippen molar-refractivity contribution in [3.05, 3.63) is 47.9 Å². The zero-order valence-electron chi connectivity index (χ0n) is 22.9. The summed E-state index contributed by atoms with van der Waals surface area (Å²) in [6.45, 7) is 10.2. The molecule has 1 saturated heterocycles. The van der Waals surface area contributed by atoms with Crippen LogP contribution in [0.15, 0.2) is 36.5 Å². The second-order valence-electron chi connectivity index (χ2n) is 10.7. The zero-order valence-corrected chi connectivity index (χ0v) is 22.9. The van der Waals surface area contributed by atoms with Crippen molar-refractivity contribution in [2.45, 2.75) is 52.1 Å². The predicted octanol–water partition coefficient (Wildman–Crippen LogP) is 4.33. The van der Waals surface area contributed by atoms with Gasteiger partial charge in [0.15, 0.2) is 11.6 Å². The fourth-order valence-corrected chi connectivity index (χ4v) is 5.85. The largest absolute Gasteiger partial charge is 0.369 e. The van der Waals surface area contributed by atoms with E-state index in [4.69, 9.17) is 0 Å². The van der Waals surface area contributed by atoms with Crippen LogP contribution in [0.1, 0.15) is 38.7 Å². The number of halogens is 1. The summed E-state index contributed by atoms with van der Waals surface area (Å²) in [6, 6.07) is 6.34. The average molecular weight is 522 g/mol. The molecule has 1 aliphatic heterocycles. The second kappa shape index (κ2) is 11.3. The SMILES string of the molecule is CC.Cc1cc(Nc2ncc(F)c(NC3C4C=CC(C4)C3C(=O)NC3CC3)n2)ccc1N1CCN(C)CC1. The Morgan fingerprint density at radius 3 is 2.53 bits per heavy atom. The van der Waals surface area contributed by atoms with Crippen molar-refractivity contribution in [3.8, 4) is 0 Å². The lowest BCUT2D eigenvalue weighted by atomic mass is 9.88. The molecule has 2 aromatic rings. The van der Waals surface area contributed by atoms with Crippen LogP contribution in [-0.4, -0.2) is 66.1 Å². The minimum absolute atomic E-state index is 0.0654. The first-order valence-electron chi connectivity index (χ1n) is 14.0. The number of carbonyl (C=O) groups excluding carboxylic acids is 1. The number of hydrogen-bond acceptors (Lipinski definition) is 7. The van der Waals surface area contributed by atoms with Crippen molar-refractivity contribution in [2.24, 2.45) is 17.8 Å². The molecule has 8 nitrogen and oxygen atoms in total. The highest BCUT2D eigenvalue weighted by molar-refractivity contribution is 5.82. The Hall–Kier alpha value is -3.20. The number of carbonyl (C=O) groups is 1. The molecule has 2 heterocycles. The molecule has 3 fully saturated rings. The third-order valence-electron chi connectivity index (χ3n) is 8.03. The number of piperazine rings is 1. The highest BCUT2D eigenvalue weighted by Crippen LogP contribution is 2.45. The van der Waals surface area contributed by atoms with E-state index in [1.54, 1.807) is 0 Å². The van der Waals surface area contributed by atoms with E-state index in [0.717, 1.165) is 51.1 Å². The molecule has 1 amide bonds. The van der Waals surface area contributed by atoms with E-state index in [1.807, 2.05) is 19.9 Å². The van der Waals surface area contributed by atoms with Gasteiger partial charge < -0.3 is 25.8 Å². The number of aryl methyl sites for hydroxylation is 1. The summed E-state index contributed by atoms with van der Waals surface area (Å²) in [5.41, 5.74) is 3.26. The van der Waals surface area contributed by atoms with Crippen LogP contribution in [-0.2, 0) is 4.79 Å². The van der Waals surface area contributed by atoms with Gasteiger partial charge in [0.25, 0.3) is 0 Å². The summed E-state index contributed by atoms with van der Waals surface area (Å²) in [5, 5.41) is 9.63. The van der Waals surface area contributed by atoms with Gasteiger partial charge in [-0.3, -0.25) is 4.79 Å². The summed E-state index contributed by atoms with van der Waals surface area (Å²) in [6.07, 6.45) is 8.48. The van der Waals surface area contributed by atoms with Gasteiger partial charge in [-0.2, -0.15) is 4.98 Å². The highest BCUT2D eigenvalue weighted by Gasteiger charge is 2.49. The van der Waals surface area contributed by atoms with E-state index in [2.05, 4.69) is 74.0 Å². The van der Waals surface area contributed by atoms with E-state index in [9.17, 15) is 9.18 Å². The van der Waals surface area contributed by atoms with E-state index >= 15 is 0 Å². The number of benzene rings is 1. The van der Waals surface area contributed by atoms with Gasteiger partial charge >= 0.3 is 0 Å². The number of anilines is 4. The second-order valence-corrected chi connectivity index (χ2v) is 10.7. The minimum atomic E-state index is -0.518. The minimum Gasteiger partial charge on any atom is -0.369 e. The lowest BCUT2D eigenvalue weighted by Gasteiger charge is -2.35. The number of fused-ring (bicyclic) bond motifs is 2. The van der Waals surface area contributed by atoms with E-state index in [-0.39, 0.29) is 35.5 Å². The van der Waals surface area contributed by atoms with Gasteiger partial charge in [-0.25, -0.2) is 9.37 Å². The number of amides is 1. The van der Waals surface area contributed by atoms with E-state index < -0.39 is 5.82 Å². The summed E-state index contributed by atoms with van der Waals surface area (Å²) >= 11 is 0. The first-order valence-corrected chi connectivity index (χ1v) is 14.0. The number of rotatable bonds is 7. The molecule has 4 atom stereocenters. The Morgan fingerprint density at radius 1 is 1.08 bits per heavy atom. The molecule has 0 radical (unpaired) electrons. The smallest absolute Gasteiger partial charge is 0.229 e. The van der Waals surface area contributed by atoms with Gasteiger partial charge in [-0.1, -0.05) is 26.0 Å². The maximum Gasteiger partial charge on any atom is 0.229 e. The Balaban J connectivity index is 0.00000144. The molecular weight excluding hydrogens is 481 g/mol. The molecule has 4 unspecified atom stereocenters. The Kier molecular flexibility index (Phi) is 7.83. The van der Waals surface area contributed by atoms with Gasteiger partial charge in [0, 0.05) is 49.6 Å². The molecule has 2 bridgehead atoms. The van der Waals surface area contributed by atoms with Gasteiger partial charge in [0.05, 0.1) is 12.1 Å². The molecular formula is C29H40FN7O. The van der Waals surface area contributed by atoms with Gasteiger partial charge in [0.2, 0.25) is 11.9 Å². The van der Waals surface area contributed by atoms with Crippen LogP contribution in [0.25, 0.3) is 0 Å². The number of nitrogens with one attached hydrogen (secondary N) is 3. The Labute approximate surface area is 225 Å². The van der Waals surface area contributed by atoms with Crippen molar-refractivity contribution in [1.82, 2.24) is 20.2 Å². The van der Waals surface area contributed by atoms with Crippen LogP contribution in [0.3, 0.4) is 0 Å². The van der Waals surface area contributed by atoms with Crippen LogP contribution >= 0.6 is 0 Å². The monoisotopic (exact) mass is 521 g/mol. The maximum absolute atomic E-state index is 14.8. The topological polar surface area (TPSA) is 85.4 Å². The Morgan fingerprint density at radius 2 is 1.82 bits per heavy atom. The Bertz CT molecular complexity index is 1180. The number of aromatic nitrogens is 2. The third kappa shape index (κ3) is 5.62. The number of nitrogens with zero attached hydrogens (tertiary/aromatic N) is 4. The quantitative estimate of drug-likeness (QED) is 0.468. The van der Waals surface area contributed by atoms with Crippen LogP contribution in [0.4, 0.5) is 27.5 Å². The summed E-state index contributed by atoms with van der Waals surface area (Å²) in [7, 11) is 2.15. The van der Waals surface area contributed by atoms with Crippen molar-refractivity contribution in [3.63, 3.8) is 0 Å². The molecule has 2 saturated carbocycles. The van der Waals surface area contributed by atoms with Crippen molar-refractivity contribution < 1.29 is 9.18 Å². The zero-order chi connectivity index (χ0) is 26.8. The van der Waals surface area contributed by atoms with Crippen molar-refractivity contribution >= 4 is 29.0 Å². The first kappa shape index (κ1) is 26.4. The fraction of sp³-hybridized carbons (Fsp3) is 0.552. The number of hydrogen-bond donors (Lipinski definition) is 3. The molecule has 4 aliphatic rings. The van der Waals surface area contributed by atoms with Gasteiger partial charge in [-0.15, -0.1) is 0 Å². The number of likely N-dealkylation sites (N-methyl/N-ethyl adjacent to an activating group) is 1. The van der Waals surface area contributed by atoms with Crippen LogP contribution in [0, 0.1) is 30.5 Å². The van der Waals surface area contributed by atoms with Crippen LogP contribution in [0.5, 0.6) is 0 Å². The molecule has 3 aliphatic carbocycles. The fourth-order valence-electron chi connectivity index (χ4n) is 5.85. The van der Waals surface area contributed by atoms with Crippen molar-refractivity contribution in [2.75, 3.05) is 48.8 Å². The highest BCUT2D eigenvalue weighted by atomic mass is 19.1. The van der Waals surface area contributed by atoms with Crippen LogP contribution in [0.2, 0.25) is 0 Å². The molecule has 0 spiro atoms. The molecule has 1 aromatic heterocycles. The molecule has 38 heavy (non-hydrogen) atoms. The van der Waals surface area contributed by atoms with E-state index in [0.29, 0.717) is 12.0 Å². The lowest BCUT2D eigenvalue weighted by molar-refractivity contribution is -0.126. The molecule has 6 rings (SSSR count). The molecule has 3 N–H and O–H groups in total. The normalized spacial score (nSPS) is 26.1. The van der Waals surface area contributed by atoms with Crippen molar-refractivity contribution in [1.29, 1.82) is 0 Å². The van der Waals surface area contributed by atoms with Crippen LogP contribution < -0.4 is 20.9 Å². The standard InChI is InChI=1S/C27H34FN7O.C2H6/c1-16-13-20(7-8-22(16)35-11-9-34(2)10-12-35)31-27-29-15-21(28)25(33-27)32-24-18-4-3-17(14-18)23(24)26(36)30-19-5-6-19;1-2/h3-4,7-8,13,15,17-19,23-24H,5-6,9-12,14H2,1-2H3,(H,30,36)(H2,29,31,32,33);1-2H3. The summed E-state index contributed by atoms with van der Waals surface area (Å²) in [5.74, 6) is 0.176. The summed E-state index contributed by atoms with van der Waals surface area (Å²) in [4.78, 5) is 26.3. The van der Waals surface area contributed by atoms with E-state index in [1.165, 1.54) is 17.4 Å². The first-order chi connectivity index (χ1) is 18.4. The lowest BCUT2D eigenvalue weighted by Crippen LogP contribution is -2.44. The number of allylic oxidation sites excluding steroid dienone is 1. The summed E-state index contributed by atoms with van der Waals surface area (Å²) < 4.78 is 14.8. The predicted molar refractivity (Wildman–Crippen MR) is 150 cm³/mol. The average Bonchev–Trinajstić information content (AvgIpc) is 3.49. The van der Waals surface area contributed by atoms with Gasteiger partial charge in [0.1, 0.15) is 0 Å². The maximum atomic E-state index is 14.8. The van der Waals surface area contributed by atoms with Gasteiger partial charge in [-0.05, 0) is 68.8 Å². The molecule has 1 aromatic carbocycles. The molecule has 9 heteroatoms. The third-order valence-corrected chi connectivity index (χ3v) is 8.03.